The Morgan fingerprint density at radius 2 is 1.77 bits per heavy atom. The van der Waals surface area contributed by atoms with E-state index in [0.717, 1.165) is 32.6 Å². The van der Waals surface area contributed by atoms with Gasteiger partial charge in [0.25, 0.3) is 0 Å². The van der Waals surface area contributed by atoms with Crippen molar-refractivity contribution in [1.29, 1.82) is 0 Å². The Kier molecular flexibility index (Phi) is 7.83. The molecule has 1 aliphatic heterocycles. The van der Waals surface area contributed by atoms with Crippen molar-refractivity contribution in [2.24, 2.45) is 11.8 Å². The lowest BCUT2D eigenvalue weighted by atomic mass is 9.78. The zero-order valence-electron chi connectivity index (χ0n) is 18.4. The number of rotatable bonds is 6. The number of hydrogen-bond donors (Lipinski definition) is 2. The quantitative estimate of drug-likeness (QED) is 0.746. The van der Waals surface area contributed by atoms with Gasteiger partial charge in [0.1, 0.15) is 5.82 Å². The van der Waals surface area contributed by atoms with Gasteiger partial charge in [-0.2, -0.15) is 0 Å². The molecular formula is C23H35FN4O2. The first-order valence-electron chi connectivity index (χ1n) is 11.2. The molecule has 0 radical (unpaired) electrons. The van der Waals surface area contributed by atoms with E-state index < -0.39 is 0 Å². The van der Waals surface area contributed by atoms with E-state index in [-0.39, 0.29) is 29.7 Å². The molecule has 30 heavy (non-hydrogen) atoms. The Bertz CT molecular complexity index is 718. The summed E-state index contributed by atoms with van der Waals surface area (Å²) in [5, 5.41) is 6.08. The van der Waals surface area contributed by atoms with Gasteiger partial charge < -0.3 is 10.6 Å². The molecule has 1 saturated heterocycles. The van der Waals surface area contributed by atoms with Gasteiger partial charge in [0.15, 0.2) is 0 Å². The number of carbonyl (C=O) groups excluding carboxylic acids is 2. The topological polar surface area (TPSA) is 64.7 Å². The first-order chi connectivity index (χ1) is 14.3. The van der Waals surface area contributed by atoms with Crippen LogP contribution in [0.25, 0.3) is 0 Å². The van der Waals surface area contributed by atoms with Crippen LogP contribution in [0.3, 0.4) is 0 Å². The molecule has 0 bridgehead atoms. The summed E-state index contributed by atoms with van der Waals surface area (Å²) in [4.78, 5) is 29.3. The van der Waals surface area contributed by atoms with Gasteiger partial charge in [0.05, 0.1) is 12.6 Å². The summed E-state index contributed by atoms with van der Waals surface area (Å²) in [5.74, 6) is 0.856. The molecule has 2 N–H and O–H groups in total. The molecule has 0 aromatic heterocycles. The molecule has 1 aromatic rings. The third-order valence-electron chi connectivity index (χ3n) is 6.86. The van der Waals surface area contributed by atoms with Crippen molar-refractivity contribution in [2.45, 2.75) is 52.1 Å². The van der Waals surface area contributed by atoms with Gasteiger partial charge in [0.2, 0.25) is 11.8 Å². The average Bonchev–Trinajstić information content (AvgIpc) is 2.73. The molecule has 7 heteroatoms. The monoisotopic (exact) mass is 418 g/mol. The minimum atomic E-state index is -0.324. The highest BCUT2D eigenvalue weighted by Crippen LogP contribution is 2.29. The SMILES string of the molecule is C[C@@H]1[C@H](C)CCC[C@@H]1NC(=O)[C@@H](C)N1CCN(CC(=O)Nc2ccc(F)cc2)CC1. The molecule has 0 spiro atoms. The van der Waals surface area contributed by atoms with E-state index in [1.54, 1.807) is 12.1 Å². The largest absolute Gasteiger partial charge is 0.352 e. The maximum absolute atomic E-state index is 13.0. The molecule has 1 saturated carbocycles. The summed E-state index contributed by atoms with van der Waals surface area (Å²) in [6, 6.07) is 5.88. The van der Waals surface area contributed by atoms with Crippen molar-refractivity contribution in [3.05, 3.63) is 30.1 Å². The molecule has 166 valence electrons. The van der Waals surface area contributed by atoms with Crippen LogP contribution in [0.4, 0.5) is 10.1 Å². The van der Waals surface area contributed by atoms with Gasteiger partial charge >= 0.3 is 0 Å². The number of carbonyl (C=O) groups is 2. The van der Waals surface area contributed by atoms with Crippen molar-refractivity contribution >= 4 is 17.5 Å². The predicted octanol–water partition coefficient (Wildman–Crippen LogP) is 2.71. The number of nitrogens with one attached hydrogen (secondary N) is 2. The van der Waals surface area contributed by atoms with Crippen molar-refractivity contribution in [3.63, 3.8) is 0 Å². The molecular weight excluding hydrogens is 383 g/mol. The second-order valence-corrected chi connectivity index (χ2v) is 8.93. The summed E-state index contributed by atoms with van der Waals surface area (Å²) < 4.78 is 13.0. The maximum atomic E-state index is 13.0. The second kappa shape index (κ2) is 10.4. The lowest BCUT2D eigenvalue weighted by Gasteiger charge is -2.39. The van der Waals surface area contributed by atoms with E-state index in [1.165, 1.54) is 25.0 Å². The highest BCUT2D eigenvalue weighted by Gasteiger charge is 2.31. The van der Waals surface area contributed by atoms with Crippen LogP contribution < -0.4 is 10.6 Å². The fourth-order valence-corrected chi connectivity index (χ4v) is 4.50. The van der Waals surface area contributed by atoms with Gasteiger partial charge in [-0.3, -0.25) is 19.4 Å². The minimum Gasteiger partial charge on any atom is -0.352 e. The third kappa shape index (κ3) is 6.01. The Labute approximate surface area is 179 Å². The first kappa shape index (κ1) is 22.7. The predicted molar refractivity (Wildman–Crippen MR) is 117 cm³/mol. The van der Waals surface area contributed by atoms with Crippen LogP contribution >= 0.6 is 0 Å². The Balaban J connectivity index is 1.41. The molecule has 2 aliphatic rings. The van der Waals surface area contributed by atoms with E-state index in [4.69, 9.17) is 0 Å². The number of halogens is 1. The number of benzene rings is 1. The molecule has 2 fully saturated rings. The van der Waals surface area contributed by atoms with E-state index >= 15 is 0 Å². The number of hydrogen-bond acceptors (Lipinski definition) is 4. The molecule has 6 nitrogen and oxygen atoms in total. The normalized spacial score (nSPS) is 26.7. The van der Waals surface area contributed by atoms with Gasteiger partial charge in [-0.1, -0.05) is 26.7 Å². The van der Waals surface area contributed by atoms with Crippen LogP contribution in [0, 0.1) is 17.7 Å². The van der Waals surface area contributed by atoms with Crippen LogP contribution in [0.5, 0.6) is 0 Å². The third-order valence-corrected chi connectivity index (χ3v) is 6.86. The zero-order chi connectivity index (χ0) is 21.7. The Hall–Kier alpha value is -1.99. The van der Waals surface area contributed by atoms with Crippen LogP contribution in [0.15, 0.2) is 24.3 Å². The highest BCUT2D eigenvalue weighted by molar-refractivity contribution is 5.92. The van der Waals surface area contributed by atoms with Crippen molar-refractivity contribution < 1.29 is 14.0 Å². The number of amides is 2. The first-order valence-corrected chi connectivity index (χ1v) is 11.2. The van der Waals surface area contributed by atoms with Crippen molar-refractivity contribution in [3.8, 4) is 0 Å². The summed E-state index contributed by atoms with van der Waals surface area (Å²) in [6.07, 6.45) is 3.50. The molecule has 3 rings (SSSR count). The maximum Gasteiger partial charge on any atom is 0.238 e. The molecule has 2 amide bonds. The van der Waals surface area contributed by atoms with Gasteiger partial charge in [0, 0.05) is 37.9 Å². The van der Waals surface area contributed by atoms with Gasteiger partial charge in [-0.25, -0.2) is 4.39 Å². The molecule has 1 heterocycles. The summed E-state index contributed by atoms with van der Waals surface area (Å²) in [6.45, 7) is 9.79. The van der Waals surface area contributed by atoms with Crippen molar-refractivity contribution in [1.82, 2.24) is 15.1 Å². The lowest BCUT2D eigenvalue weighted by molar-refractivity contribution is -0.128. The van der Waals surface area contributed by atoms with Gasteiger partial charge in [-0.05, 0) is 49.4 Å². The van der Waals surface area contributed by atoms with E-state index in [0.29, 0.717) is 24.1 Å². The van der Waals surface area contributed by atoms with E-state index in [1.807, 2.05) is 6.92 Å². The Morgan fingerprint density at radius 3 is 2.43 bits per heavy atom. The van der Waals surface area contributed by atoms with Crippen LogP contribution in [-0.4, -0.2) is 66.4 Å². The molecule has 4 atom stereocenters. The smallest absolute Gasteiger partial charge is 0.238 e. The highest BCUT2D eigenvalue weighted by atomic mass is 19.1. The summed E-state index contributed by atoms with van der Waals surface area (Å²) >= 11 is 0. The standard InChI is InChI=1S/C23H35FN4O2/c1-16-5-4-6-21(17(16)2)26-23(30)18(3)28-13-11-27(12-14-28)15-22(29)25-20-9-7-19(24)8-10-20/h7-10,16-18,21H,4-6,11-15H2,1-3H3,(H,25,29)(H,26,30)/t16-,17-,18-,21+/m1/s1. The minimum absolute atomic E-state index is 0.110. The molecule has 0 unspecified atom stereocenters. The number of nitrogens with zero attached hydrogens (tertiary/aromatic N) is 2. The van der Waals surface area contributed by atoms with Crippen LogP contribution in [0.1, 0.15) is 40.0 Å². The van der Waals surface area contributed by atoms with E-state index in [2.05, 4.69) is 34.3 Å². The molecule has 1 aromatic carbocycles. The summed E-state index contributed by atoms with van der Waals surface area (Å²) in [7, 11) is 0. The fourth-order valence-electron chi connectivity index (χ4n) is 4.50. The number of piperazine rings is 1. The van der Waals surface area contributed by atoms with E-state index in [9.17, 15) is 14.0 Å². The second-order valence-electron chi connectivity index (χ2n) is 8.93. The number of anilines is 1. The van der Waals surface area contributed by atoms with Crippen LogP contribution in [0.2, 0.25) is 0 Å². The lowest BCUT2D eigenvalue weighted by Crippen LogP contribution is -2.56. The van der Waals surface area contributed by atoms with Crippen LogP contribution in [-0.2, 0) is 9.59 Å². The van der Waals surface area contributed by atoms with Crippen molar-refractivity contribution in [2.75, 3.05) is 38.0 Å². The average molecular weight is 419 g/mol. The zero-order valence-corrected chi connectivity index (χ0v) is 18.4. The fraction of sp³-hybridized carbons (Fsp3) is 0.652. The molecule has 1 aliphatic carbocycles. The Morgan fingerprint density at radius 1 is 1.10 bits per heavy atom. The summed E-state index contributed by atoms with van der Waals surface area (Å²) in [5.41, 5.74) is 0.594. The van der Waals surface area contributed by atoms with Gasteiger partial charge in [-0.15, -0.1) is 0 Å².